The molecule has 7 nitrogen and oxygen atoms in total. The van der Waals surface area contributed by atoms with Crippen molar-refractivity contribution in [3.8, 4) is 11.5 Å². The van der Waals surface area contributed by atoms with Crippen molar-refractivity contribution >= 4 is 29.4 Å². The minimum Gasteiger partial charge on any atom is -0.490 e. The van der Waals surface area contributed by atoms with Gasteiger partial charge in [0.2, 0.25) is 5.91 Å². The molecule has 0 saturated heterocycles. The number of imide groups is 1. The fourth-order valence-corrected chi connectivity index (χ4v) is 2.21. The molecule has 0 aliphatic rings. The second-order valence-corrected chi connectivity index (χ2v) is 5.41. The molecule has 23 heavy (non-hydrogen) atoms. The average Bonchev–Trinajstić information content (AvgIpc) is 2.50. The van der Waals surface area contributed by atoms with Crippen LogP contribution in [0.3, 0.4) is 0 Å². The second-order valence-electron chi connectivity index (χ2n) is 4.31. The van der Waals surface area contributed by atoms with Crippen molar-refractivity contribution in [3.05, 3.63) is 18.2 Å². The Morgan fingerprint density at radius 2 is 1.87 bits per heavy atom. The van der Waals surface area contributed by atoms with E-state index in [0.29, 0.717) is 36.2 Å². The third-order valence-electron chi connectivity index (χ3n) is 2.52. The van der Waals surface area contributed by atoms with Gasteiger partial charge in [-0.2, -0.15) is 0 Å². The number of ether oxygens (including phenoxy) is 2. The molecule has 8 heteroatoms. The fourth-order valence-electron chi connectivity index (χ4n) is 1.68. The SMILES string of the molecule is CCOc1ccc(NC(=O)NC(=O)CSCCO)cc1OCC. The van der Waals surface area contributed by atoms with Crippen molar-refractivity contribution in [3.63, 3.8) is 0 Å². The lowest BCUT2D eigenvalue weighted by molar-refractivity contribution is -0.117. The molecule has 3 N–H and O–H groups in total. The molecule has 0 aliphatic carbocycles. The number of urea groups is 1. The van der Waals surface area contributed by atoms with Crippen LogP contribution >= 0.6 is 11.8 Å². The molecule has 0 heterocycles. The van der Waals surface area contributed by atoms with Gasteiger partial charge in [0, 0.05) is 17.5 Å². The summed E-state index contributed by atoms with van der Waals surface area (Å²) in [4.78, 5) is 23.3. The van der Waals surface area contributed by atoms with Gasteiger partial charge in [0.15, 0.2) is 11.5 Å². The summed E-state index contributed by atoms with van der Waals surface area (Å²) in [6, 6.07) is 4.38. The number of anilines is 1. The predicted molar refractivity (Wildman–Crippen MR) is 90.4 cm³/mol. The largest absolute Gasteiger partial charge is 0.490 e. The van der Waals surface area contributed by atoms with E-state index in [1.807, 2.05) is 13.8 Å². The number of carbonyl (C=O) groups excluding carboxylic acids is 2. The van der Waals surface area contributed by atoms with Crippen molar-refractivity contribution in [1.29, 1.82) is 0 Å². The summed E-state index contributed by atoms with van der Waals surface area (Å²) >= 11 is 1.25. The van der Waals surface area contributed by atoms with Gasteiger partial charge >= 0.3 is 6.03 Å². The third kappa shape index (κ3) is 7.25. The Morgan fingerprint density at radius 1 is 1.17 bits per heavy atom. The molecule has 0 bridgehead atoms. The Labute approximate surface area is 139 Å². The quantitative estimate of drug-likeness (QED) is 0.593. The highest BCUT2D eigenvalue weighted by Gasteiger charge is 2.10. The zero-order chi connectivity index (χ0) is 17.1. The lowest BCUT2D eigenvalue weighted by Gasteiger charge is -2.13. The van der Waals surface area contributed by atoms with Crippen LogP contribution in [0.2, 0.25) is 0 Å². The minimum atomic E-state index is -0.619. The van der Waals surface area contributed by atoms with E-state index in [0.717, 1.165) is 0 Å². The monoisotopic (exact) mass is 342 g/mol. The molecule has 1 aromatic rings. The summed E-state index contributed by atoms with van der Waals surface area (Å²) in [5.41, 5.74) is 0.491. The van der Waals surface area contributed by atoms with E-state index in [4.69, 9.17) is 14.6 Å². The number of aliphatic hydroxyl groups is 1. The Balaban J connectivity index is 2.60. The van der Waals surface area contributed by atoms with Crippen LogP contribution in [0.5, 0.6) is 11.5 Å². The Hall–Kier alpha value is -1.93. The van der Waals surface area contributed by atoms with Crippen molar-refractivity contribution in [2.24, 2.45) is 0 Å². The molecule has 0 saturated carbocycles. The Bertz CT molecular complexity index is 525. The number of aliphatic hydroxyl groups excluding tert-OH is 1. The molecule has 0 radical (unpaired) electrons. The maximum Gasteiger partial charge on any atom is 0.325 e. The molecule has 1 aromatic carbocycles. The minimum absolute atomic E-state index is 0.00344. The summed E-state index contributed by atoms with van der Waals surface area (Å²) in [6.45, 7) is 4.70. The van der Waals surface area contributed by atoms with Crippen LogP contribution in [0.4, 0.5) is 10.5 Å². The van der Waals surface area contributed by atoms with E-state index in [-0.39, 0.29) is 12.4 Å². The molecule has 0 spiro atoms. The van der Waals surface area contributed by atoms with E-state index >= 15 is 0 Å². The van der Waals surface area contributed by atoms with Gasteiger partial charge in [-0.3, -0.25) is 10.1 Å². The number of nitrogens with one attached hydrogen (secondary N) is 2. The normalized spacial score (nSPS) is 10.0. The van der Waals surface area contributed by atoms with E-state index in [2.05, 4.69) is 10.6 Å². The first-order valence-corrected chi connectivity index (χ1v) is 8.45. The number of hydrogen-bond donors (Lipinski definition) is 3. The number of rotatable bonds is 9. The van der Waals surface area contributed by atoms with Crippen LogP contribution in [0.15, 0.2) is 18.2 Å². The van der Waals surface area contributed by atoms with E-state index in [1.165, 1.54) is 11.8 Å². The highest BCUT2D eigenvalue weighted by molar-refractivity contribution is 7.99. The van der Waals surface area contributed by atoms with Gasteiger partial charge in [-0.25, -0.2) is 4.79 Å². The van der Waals surface area contributed by atoms with E-state index in [1.54, 1.807) is 18.2 Å². The molecule has 0 fully saturated rings. The summed E-state index contributed by atoms with van der Waals surface area (Å²) in [7, 11) is 0. The number of thioether (sulfide) groups is 1. The highest BCUT2D eigenvalue weighted by Crippen LogP contribution is 2.30. The van der Waals surface area contributed by atoms with Crippen LogP contribution in [0.1, 0.15) is 13.8 Å². The smallest absolute Gasteiger partial charge is 0.325 e. The van der Waals surface area contributed by atoms with Gasteiger partial charge in [0.1, 0.15) is 0 Å². The van der Waals surface area contributed by atoms with Crippen LogP contribution in [-0.4, -0.2) is 48.4 Å². The molecule has 0 unspecified atom stereocenters. The van der Waals surface area contributed by atoms with E-state index < -0.39 is 11.9 Å². The van der Waals surface area contributed by atoms with Gasteiger partial charge in [0.25, 0.3) is 0 Å². The number of carbonyl (C=O) groups is 2. The van der Waals surface area contributed by atoms with Crippen LogP contribution < -0.4 is 20.1 Å². The van der Waals surface area contributed by atoms with Crippen molar-refractivity contribution < 1.29 is 24.2 Å². The van der Waals surface area contributed by atoms with Crippen LogP contribution in [0, 0.1) is 0 Å². The van der Waals surface area contributed by atoms with Gasteiger partial charge in [0.05, 0.1) is 25.6 Å². The number of benzene rings is 1. The molecule has 128 valence electrons. The summed E-state index contributed by atoms with van der Waals surface area (Å²) < 4.78 is 10.9. The number of hydrogen-bond acceptors (Lipinski definition) is 6. The first-order valence-electron chi connectivity index (χ1n) is 7.29. The van der Waals surface area contributed by atoms with Crippen LogP contribution in [0.25, 0.3) is 0 Å². The zero-order valence-corrected chi connectivity index (χ0v) is 14.1. The molecule has 0 aromatic heterocycles. The Morgan fingerprint density at radius 3 is 2.52 bits per heavy atom. The van der Waals surface area contributed by atoms with Crippen molar-refractivity contribution in [2.75, 3.05) is 36.6 Å². The summed E-state index contributed by atoms with van der Waals surface area (Å²) in [5, 5.41) is 13.4. The van der Waals surface area contributed by atoms with E-state index in [9.17, 15) is 9.59 Å². The molecule has 0 aliphatic heterocycles. The third-order valence-corrected chi connectivity index (χ3v) is 3.46. The standard InChI is InChI=1S/C15H22N2O5S/c1-3-21-12-6-5-11(9-13(12)22-4-2)16-15(20)17-14(19)10-23-8-7-18/h5-6,9,18H,3-4,7-8,10H2,1-2H3,(H2,16,17,19,20). The summed E-state index contributed by atoms with van der Waals surface area (Å²) in [6.07, 6.45) is 0. The first kappa shape index (κ1) is 19.1. The van der Waals surface area contributed by atoms with Gasteiger partial charge in [-0.15, -0.1) is 11.8 Å². The fraction of sp³-hybridized carbons (Fsp3) is 0.467. The molecular formula is C15H22N2O5S. The maximum atomic E-state index is 11.8. The molecule has 3 amide bonds. The molecular weight excluding hydrogens is 320 g/mol. The average molecular weight is 342 g/mol. The van der Waals surface area contributed by atoms with Gasteiger partial charge in [-0.05, 0) is 26.0 Å². The molecule has 1 rings (SSSR count). The van der Waals surface area contributed by atoms with Crippen LogP contribution in [-0.2, 0) is 4.79 Å². The zero-order valence-electron chi connectivity index (χ0n) is 13.3. The Kier molecular flexibility index (Phi) is 8.93. The van der Waals surface area contributed by atoms with Crippen molar-refractivity contribution in [2.45, 2.75) is 13.8 Å². The number of amides is 3. The lowest BCUT2D eigenvalue weighted by Crippen LogP contribution is -2.35. The van der Waals surface area contributed by atoms with Gasteiger partial charge in [-0.1, -0.05) is 0 Å². The summed E-state index contributed by atoms with van der Waals surface area (Å²) in [5.74, 6) is 1.26. The predicted octanol–water partition coefficient (Wildman–Crippen LogP) is 1.86. The maximum absolute atomic E-state index is 11.8. The highest BCUT2D eigenvalue weighted by atomic mass is 32.2. The lowest BCUT2D eigenvalue weighted by atomic mass is 10.2. The topological polar surface area (TPSA) is 96.9 Å². The van der Waals surface area contributed by atoms with Gasteiger partial charge < -0.3 is 19.9 Å². The first-order chi connectivity index (χ1) is 11.1. The molecule has 0 atom stereocenters. The second kappa shape index (κ2) is 10.7. The van der Waals surface area contributed by atoms with Crippen molar-refractivity contribution in [1.82, 2.24) is 5.32 Å².